The Morgan fingerprint density at radius 2 is 2.15 bits per heavy atom. The zero-order valence-corrected chi connectivity index (χ0v) is 8.62. The van der Waals surface area contributed by atoms with E-state index in [1.807, 2.05) is 0 Å². The molecule has 1 aliphatic heterocycles. The van der Waals surface area contributed by atoms with E-state index in [1.54, 1.807) is 0 Å². The molecule has 13 heavy (non-hydrogen) atoms. The predicted octanol–water partition coefficient (Wildman–Crippen LogP) is 1.90. The maximum atomic E-state index is 11.6. The fraction of sp³-hybridized carbons (Fsp3) is 0.909. The van der Waals surface area contributed by atoms with Gasteiger partial charge in [0.1, 0.15) is 0 Å². The molecule has 1 aliphatic carbocycles. The summed E-state index contributed by atoms with van der Waals surface area (Å²) < 4.78 is 0. The van der Waals surface area contributed by atoms with Crippen molar-refractivity contribution in [2.45, 2.75) is 33.1 Å². The van der Waals surface area contributed by atoms with Crippen molar-refractivity contribution in [3.63, 3.8) is 0 Å². The lowest BCUT2D eigenvalue weighted by Crippen LogP contribution is -2.27. The van der Waals surface area contributed by atoms with Gasteiger partial charge in [-0.2, -0.15) is 0 Å². The first kappa shape index (κ1) is 9.04. The molecule has 2 fully saturated rings. The lowest BCUT2D eigenvalue weighted by Gasteiger charge is -2.17. The summed E-state index contributed by atoms with van der Waals surface area (Å²) in [6.07, 6.45) is 3.48. The molecule has 0 N–H and O–H groups in total. The maximum absolute atomic E-state index is 11.6. The molecule has 1 saturated carbocycles. The quantitative estimate of drug-likeness (QED) is 0.651. The monoisotopic (exact) mass is 181 g/mol. The topological polar surface area (TPSA) is 20.3 Å². The molecule has 0 spiro atoms. The van der Waals surface area contributed by atoms with Gasteiger partial charge < -0.3 is 4.90 Å². The number of carbonyl (C=O) groups is 1. The van der Waals surface area contributed by atoms with Gasteiger partial charge in [-0.05, 0) is 30.6 Å². The lowest BCUT2D eigenvalue weighted by molar-refractivity contribution is -0.127. The van der Waals surface area contributed by atoms with Crippen LogP contribution in [0.2, 0.25) is 0 Å². The van der Waals surface area contributed by atoms with E-state index in [0.717, 1.165) is 25.4 Å². The van der Waals surface area contributed by atoms with E-state index in [9.17, 15) is 4.79 Å². The van der Waals surface area contributed by atoms with Gasteiger partial charge in [0.15, 0.2) is 0 Å². The van der Waals surface area contributed by atoms with Crippen molar-refractivity contribution >= 4 is 5.91 Å². The fourth-order valence-corrected chi connectivity index (χ4v) is 2.04. The molecule has 1 amide bonds. The van der Waals surface area contributed by atoms with Crippen molar-refractivity contribution in [2.24, 2.45) is 17.8 Å². The average Bonchev–Trinajstić information content (AvgIpc) is 2.78. The normalized spacial score (nSPS) is 29.0. The molecule has 1 heterocycles. The highest BCUT2D eigenvalue weighted by Gasteiger charge is 2.34. The summed E-state index contributed by atoms with van der Waals surface area (Å²) in [5.74, 6) is 2.51. The Morgan fingerprint density at radius 3 is 2.62 bits per heavy atom. The number of nitrogens with zero attached hydrogens (tertiary/aromatic N) is 1. The second kappa shape index (κ2) is 3.32. The highest BCUT2D eigenvalue weighted by atomic mass is 16.2. The molecule has 0 bridgehead atoms. The van der Waals surface area contributed by atoms with E-state index in [-0.39, 0.29) is 0 Å². The first-order chi connectivity index (χ1) is 6.16. The number of likely N-dealkylation sites (tertiary alicyclic amines) is 1. The summed E-state index contributed by atoms with van der Waals surface area (Å²) >= 11 is 0. The molecule has 2 rings (SSSR count). The molecule has 1 unspecified atom stereocenters. The second-order valence-electron chi connectivity index (χ2n) is 4.95. The van der Waals surface area contributed by atoms with Crippen LogP contribution in [0.4, 0.5) is 0 Å². The van der Waals surface area contributed by atoms with Crippen molar-refractivity contribution in [1.82, 2.24) is 4.90 Å². The molecule has 2 aliphatic rings. The molecule has 2 nitrogen and oxygen atoms in total. The van der Waals surface area contributed by atoms with Crippen LogP contribution in [0.15, 0.2) is 0 Å². The van der Waals surface area contributed by atoms with E-state index >= 15 is 0 Å². The summed E-state index contributed by atoms with van der Waals surface area (Å²) in [4.78, 5) is 13.7. The minimum Gasteiger partial charge on any atom is -0.342 e. The van der Waals surface area contributed by atoms with Crippen molar-refractivity contribution in [2.75, 3.05) is 13.1 Å². The molecule has 1 atom stereocenters. The van der Waals surface area contributed by atoms with Gasteiger partial charge in [0, 0.05) is 19.5 Å². The number of hydrogen-bond donors (Lipinski definition) is 0. The predicted molar refractivity (Wildman–Crippen MR) is 52.2 cm³/mol. The van der Waals surface area contributed by atoms with Crippen LogP contribution in [0.1, 0.15) is 33.1 Å². The van der Waals surface area contributed by atoms with Crippen LogP contribution >= 0.6 is 0 Å². The SMILES string of the molecule is CC(C)C1CC(=O)N(CC2CC2)C1. The summed E-state index contributed by atoms with van der Waals surface area (Å²) in [6.45, 7) is 6.51. The third kappa shape index (κ3) is 2.04. The van der Waals surface area contributed by atoms with Gasteiger partial charge >= 0.3 is 0 Å². The molecule has 74 valence electrons. The lowest BCUT2D eigenvalue weighted by atomic mass is 9.95. The fourth-order valence-electron chi connectivity index (χ4n) is 2.04. The molecule has 0 aromatic rings. The van der Waals surface area contributed by atoms with Crippen LogP contribution in [-0.2, 0) is 4.79 Å². The van der Waals surface area contributed by atoms with E-state index in [2.05, 4.69) is 18.7 Å². The van der Waals surface area contributed by atoms with Crippen molar-refractivity contribution in [1.29, 1.82) is 0 Å². The zero-order chi connectivity index (χ0) is 9.42. The van der Waals surface area contributed by atoms with Gasteiger partial charge in [0.25, 0.3) is 0 Å². The summed E-state index contributed by atoms with van der Waals surface area (Å²) in [5, 5.41) is 0. The third-order valence-corrected chi connectivity index (χ3v) is 3.36. The van der Waals surface area contributed by atoms with Crippen LogP contribution < -0.4 is 0 Å². The zero-order valence-electron chi connectivity index (χ0n) is 8.62. The molecule has 1 saturated heterocycles. The van der Waals surface area contributed by atoms with E-state index < -0.39 is 0 Å². The highest BCUT2D eigenvalue weighted by Crippen LogP contribution is 2.33. The molecule has 2 heteroatoms. The van der Waals surface area contributed by atoms with Gasteiger partial charge in [0.2, 0.25) is 5.91 Å². The highest BCUT2D eigenvalue weighted by molar-refractivity contribution is 5.78. The third-order valence-electron chi connectivity index (χ3n) is 3.36. The minimum absolute atomic E-state index is 0.394. The number of amides is 1. The van der Waals surface area contributed by atoms with Crippen LogP contribution in [0.5, 0.6) is 0 Å². The summed E-state index contributed by atoms with van der Waals surface area (Å²) in [7, 11) is 0. The molecule has 0 radical (unpaired) electrons. The Morgan fingerprint density at radius 1 is 1.46 bits per heavy atom. The first-order valence-electron chi connectivity index (χ1n) is 5.44. The molecule has 0 aromatic heterocycles. The van der Waals surface area contributed by atoms with E-state index in [4.69, 9.17) is 0 Å². The van der Waals surface area contributed by atoms with Gasteiger partial charge in [-0.15, -0.1) is 0 Å². The Bertz CT molecular complexity index is 208. The average molecular weight is 181 g/mol. The van der Waals surface area contributed by atoms with Crippen LogP contribution in [-0.4, -0.2) is 23.9 Å². The molecular formula is C11H19NO. The number of carbonyl (C=O) groups excluding carboxylic acids is 1. The van der Waals surface area contributed by atoms with Crippen LogP contribution in [0, 0.1) is 17.8 Å². The Balaban J connectivity index is 1.87. The Kier molecular flexibility index (Phi) is 2.31. The van der Waals surface area contributed by atoms with Gasteiger partial charge in [-0.25, -0.2) is 0 Å². The van der Waals surface area contributed by atoms with Crippen LogP contribution in [0.3, 0.4) is 0 Å². The molecule has 0 aromatic carbocycles. The van der Waals surface area contributed by atoms with E-state index in [0.29, 0.717) is 17.7 Å². The first-order valence-corrected chi connectivity index (χ1v) is 5.44. The van der Waals surface area contributed by atoms with Crippen LogP contribution in [0.25, 0.3) is 0 Å². The van der Waals surface area contributed by atoms with E-state index in [1.165, 1.54) is 12.8 Å². The Hall–Kier alpha value is -0.530. The second-order valence-corrected chi connectivity index (χ2v) is 4.95. The number of rotatable bonds is 3. The van der Waals surface area contributed by atoms with Crippen molar-refractivity contribution in [3.8, 4) is 0 Å². The summed E-state index contributed by atoms with van der Waals surface area (Å²) in [5.41, 5.74) is 0. The van der Waals surface area contributed by atoms with Crippen molar-refractivity contribution < 1.29 is 4.79 Å². The molecular weight excluding hydrogens is 162 g/mol. The van der Waals surface area contributed by atoms with Gasteiger partial charge in [0.05, 0.1) is 0 Å². The van der Waals surface area contributed by atoms with Gasteiger partial charge in [-0.3, -0.25) is 4.79 Å². The summed E-state index contributed by atoms with van der Waals surface area (Å²) in [6, 6.07) is 0. The van der Waals surface area contributed by atoms with Gasteiger partial charge in [-0.1, -0.05) is 13.8 Å². The largest absolute Gasteiger partial charge is 0.342 e. The standard InChI is InChI=1S/C11H19NO/c1-8(2)10-5-11(13)12(7-10)6-9-3-4-9/h8-10H,3-7H2,1-2H3. The smallest absolute Gasteiger partial charge is 0.222 e. The Labute approximate surface area is 80.3 Å². The minimum atomic E-state index is 0.394. The van der Waals surface area contributed by atoms with Crippen molar-refractivity contribution in [3.05, 3.63) is 0 Å². The maximum Gasteiger partial charge on any atom is 0.222 e. The number of hydrogen-bond acceptors (Lipinski definition) is 1.